The van der Waals surface area contributed by atoms with Crippen LogP contribution in [0.25, 0.3) is 0 Å². The van der Waals surface area contributed by atoms with Gasteiger partial charge in [-0.25, -0.2) is 0 Å². The maximum atomic E-state index is 5.47. The monoisotopic (exact) mass is 267 g/mol. The molecule has 1 heterocycles. The summed E-state index contributed by atoms with van der Waals surface area (Å²) in [4.78, 5) is 2.43. The van der Waals surface area contributed by atoms with Crippen LogP contribution < -0.4 is 0 Å². The predicted molar refractivity (Wildman–Crippen MR) is 83.2 cm³/mol. The van der Waals surface area contributed by atoms with E-state index in [1.54, 1.807) is 0 Å². The first-order chi connectivity index (χ1) is 9.84. The Kier molecular flexibility index (Phi) is 4.03. The molecule has 3 rings (SSSR count). The van der Waals surface area contributed by atoms with Gasteiger partial charge in [0, 0.05) is 30.6 Å². The molecule has 0 spiro atoms. The number of allylic oxidation sites excluding steroid dienone is 9. The van der Waals surface area contributed by atoms with Gasteiger partial charge in [-0.05, 0) is 11.6 Å². The summed E-state index contributed by atoms with van der Waals surface area (Å²) in [5.74, 6) is 0.722. The fourth-order valence-electron chi connectivity index (χ4n) is 2.81. The van der Waals surface area contributed by atoms with Crippen LogP contribution in [0.15, 0.2) is 72.5 Å². The van der Waals surface area contributed by atoms with Gasteiger partial charge in [0.25, 0.3) is 0 Å². The lowest BCUT2D eigenvalue weighted by Crippen LogP contribution is -2.37. The Labute approximate surface area is 121 Å². The molecule has 0 aromatic carbocycles. The summed E-state index contributed by atoms with van der Waals surface area (Å²) >= 11 is 0. The molecule has 0 radical (unpaired) electrons. The average molecular weight is 267 g/mol. The fraction of sp³-hybridized carbons (Fsp3) is 0.333. The normalized spacial score (nSPS) is 23.2. The molecule has 1 fully saturated rings. The lowest BCUT2D eigenvalue weighted by atomic mass is 9.97. The highest BCUT2D eigenvalue weighted by Gasteiger charge is 2.21. The second kappa shape index (κ2) is 6.10. The summed E-state index contributed by atoms with van der Waals surface area (Å²) in [7, 11) is 0. The molecule has 0 atom stereocenters. The maximum absolute atomic E-state index is 5.47. The van der Waals surface area contributed by atoms with Gasteiger partial charge in [0.05, 0.1) is 13.2 Å². The molecule has 0 saturated carbocycles. The molecule has 104 valence electrons. The molecule has 0 aromatic heterocycles. The molecule has 1 aliphatic heterocycles. The summed E-state index contributed by atoms with van der Waals surface area (Å²) < 4.78 is 5.47. The lowest BCUT2D eigenvalue weighted by molar-refractivity contribution is 0.0510. The van der Waals surface area contributed by atoms with Crippen molar-refractivity contribution in [2.45, 2.75) is 0 Å². The van der Waals surface area contributed by atoms with E-state index >= 15 is 0 Å². The first kappa shape index (κ1) is 13.2. The Hall–Kier alpha value is -1.80. The van der Waals surface area contributed by atoms with E-state index in [0.717, 1.165) is 31.9 Å². The van der Waals surface area contributed by atoms with Crippen LogP contribution >= 0.6 is 0 Å². The van der Waals surface area contributed by atoms with Crippen molar-refractivity contribution in [2.75, 3.05) is 26.3 Å². The third-order valence-corrected chi connectivity index (χ3v) is 3.98. The summed E-state index contributed by atoms with van der Waals surface area (Å²) in [6, 6.07) is 0. The van der Waals surface area contributed by atoms with Crippen molar-refractivity contribution < 1.29 is 4.74 Å². The summed E-state index contributed by atoms with van der Waals surface area (Å²) in [5.41, 5.74) is 2.50. The predicted octanol–water partition coefficient (Wildman–Crippen LogP) is 3.24. The van der Waals surface area contributed by atoms with Gasteiger partial charge in [0.15, 0.2) is 0 Å². The van der Waals surface area contributed by atoms with Gasteiger partial charge in [-0.3, -0.25) is 0 Å². The van der Waals surface area contributed by atoms with Crippen LogP contribution in [0.5, 0.6) is 0 Å². The quantitative estimate of drug-likeness (QED) is 0.725. The lowest BCUT2D eigenvalue weighted by Gasteiger charge is -2.33. The zero-order chi connectivity index (χ0) is 13.8. The van der Waals surface area contributed by atoms with E-state index in [1.165, 1.54) is 5.70 Å². The molecular weight excluding hydrogens is 246 g/mol. The second-order valence-electron chi connectivity index (χ2n) is 5.33. The Morgan fingerprint density at radius 3 is 2.10 bits per heavy atom. The first-order valence-electron chi connectivity index (χ1n) is 7.27. The first-order valence-corrected chi connectivity index (χ1v) is 7.27. The zero-order valence-electron chi connectivity index (χ0n) is 11.7. The minimum atomic E-state index is 0.348. The van der Waals surface area contributed by atoms with E-state index in [0.29, 0.717) is 11.8 Å². The highest BCUT2D eigenvalue weighted by molar-refractivity contribution is 5.38. The minimum Gasteiger partial charge on any atom is -0.378 e. The largest absolute Gasteiger partial charge is 0.378 e. The van der Waals surface area contributed by atoms with Gasteiger partial charge < -0.3 is 9.64 Å². The molecule has 2 aliphatic carbocycles. The number of nitrogens with zero attached hydrogens (tertiary/aromatic N) is 1. The Morgan fingerprint density at radius 1 is 0.950 bits per heavy atom. The number of morpholine rings is 1. The third-order valence-electron chi connectivity index (χ3n) is 3.98. The summed E-state index contributed by atoms with van der Waals surface area (Å²) in [6.45, 7) is 7.81. The molecule has 1 saturated heterocycles. The Balaban J connectivity index is 1.82. The topological polar surface area (TPSA) is 12.5 Å². The van der Waals surface area contributed by atoms with E-state index < -0.39 is 0 Å². The summed E-state index contributed by atoms with van der Waals surface area (Å²) in [6.07, 6.45) is 19.6. The minimum absolute atomic E-state index is 0.348. The van der Waals surface area contributed by atoms with E-state index in [2.05, 4.69) is 66.2 Å². The molecule has 0 unspecified atom stereocenters. The highest BCUT2D eigenvalue weighted by atomic mass is 16.5. The van der Waals surface area contributed by atoms with Gasteiger partial charge >= 0.3 is 0 Å². The second-order valence-corrected chi connectivity index (χ2v) is 5.33. The molecule has 3 aliphatic rings. The molecule has 20 heavy (non-hydrogen) atoms. The van der Waals surface area contributed by atoms with E-state index in [-0.39, 0.29) is 0 Å². The fourth-order valence-corrected chi connectivity index (χ4v) is 2.81. The SMILES string of the molecule is C=C(/C=C(\C1C=CC=C1)N1CCOCC1)C1C=CC=C1. The number of hydrogen-bond donors (Lipinski definition) is 0. The van der Waals surface area contributed by atoms with Crippen molar-refractivity contribution in [3.8, 4) is 0 Å². The molecule has 0 bridgehead atoms. The van der Waals surface area contributed by atoms with Gasteiger partial charge in [-0.15, -0.1) is 0 Å². The molecule has 0 amide bonds. The summed E-state index contributed by atoms with van der Waals surface area (Å²) in [5, 5.41) is 0. The van der Waals surface area contributed by atoms with Crippen molar-refractivity contribution in [3.05, 3.63) is 72.5 Å². The van der Waals surface area contributed by atoms with Crippen molar-refractivity contribution in [1.82, 2.24) is 4.90 Å². The standard InChI is InChI=1S/C18H21NO/c1-15(16-6-2-3-7-16)14-18(17-8-4-5-9-17)19-10-12-20-13-11-19/h2-9,14,16-17H,1,10-13H2/b18-14+. The van der Waals surface area contributed by atoms with Crippen LogP contribution in [-0.2, 0) is 4.74 Å². The van der Waals surface area contributed by atoms with Crippen LogP contribution in [0.1, 0.15) is 0 Å². The van der Waals surface area contributed by atoms with Crippen LogP contribution in [0.2, 0.25) is 0 Å². The van der Waals surface area contributed by atoms with Crippen LogP contribution in [0, 0.1) is 11.8 Å². The number of hydrogen-bond acceptors (Lipinski definition) is 2. The third kappa shape index (κ3) is 2.86. The maximum Gasteiger partial charge on any atom is 0.0642 e. The van der Waals surface area contributed by atoms with Gasteiger partial charge in [-0.2, -0.15) is 0 Å². The molecule has 2 heteroatoms. The van der Waals surface area contributed by atoms with Crippen molar-refractivity contribution in [1.29, 1.82) is 0 Å². The van der Waals surface area contributed by atoms with Crippen molar-refractivity contribution >= 4 is 0 Å². The van der Waals surface area contributed by atoms with Crippen molar-refractivity contribution in [3.63, 3.8) is 0 Å². The smallest absolute Gasteiger partial charge is 0.0642 e. The van der Waals surface area contributed by atoms with Crippen LogP contribution in [-0.4, -0.2) is 31.2 Å². The number of ether oxygens (including phenoxy) is 1. The van der Waals surface area contributed by atoms with E-state index in [1.807, 2.05) is 0 Å². The zero-order valence-corrected chi connectivity index (χ0v) is 11.7. The molecule has 2 nitrogen and oxygen atoms in total. The van der Waals surface area contributed by atoms with E-state index in [9.17, 15) is 0 Å². The van der Waals surface area contributed by atoms with Gasteiger partial charge in [-0.1, -0.05) is 55.2 Å². The Bertz CT molecular complexity index is 492. The van der Waals surface area contributed by atoms with Crippen molar-refractivity contribution in [2.24, 2.45) is 11.8 Å². The molecular formula is C18H21NO. The molecule has 0 aromatic rings. The molecule has 0 N–H and O–H groups in total. The van der Waals surface area contributed by atoms with E-state index in [4.69, 9.17) is 4.74 Å². The Morgan fingerprint density at radius 2 is 1.50 bits per heavy atom. The van der Waals surface area contributed by atoms with Crippen LogP contribution in [0.4, 0.5) is 0 Å². The van der Waals surface area contributed by atoms with Gasteiger partial charge in [0.1, 0.15) is 0 Å². The average Bonchev–Trinajstić information content (AvgIpc) is 3.18. The van der Waals surface area contributed by atoms with Crippen LogP contribution in [0.3, 0.4) is 0 Å². The highest BCUT2D eigenvalue weighted by Crippen LogP contribution is 2.27. The van der Waals surface area contributed by atoms with Gasteiger partial charge in [0.2, 0.25) is 0 Å². The number of rotatable bonds is 4.